The van der Waals surface area contributed by atoms with Gasteiger partial charge < -0.3 is 10.2 Å². The summed E-state index contributed by atoms with van der Waals surface area (Å²) in [5, 5.41) is 3.60. The number of anilines is 1. The molecule has 1 aliphatic rings. The van der Waals surface area contributed by atoms with Gasteiger partial charge in [-0.05, 0) is 57.4 Å². The monoisotopic (exact) mass is 266 g/mol. The first-order valence-electron chi connectivity index (χ1n) is 6.43. The molecular formula is C14H19ClN2O. The van der Waals surface area contributed by atoms with Crippen molar-refractivity contribution >= 4 is 23.3 Å². The molecule has 2 rings (SSSR count). The fraction of sp³-hybridized carbons (Fsp3) is 0.500. The zero-order chi connectivity index (χ0) is 13.1. The highest BCUT2D eigenvalue weighted by atomic mass is 35.5. The van der Waals surface area contributed by atoms with E-state index in [0.717, 1.165) is 18.5 Å². The average molecular weight is 267 g/mol. The van der Waals surface area contributed by atoms with Gasteiger partial charge in [-0.2, -0.15) is 0 Å². The van der Waals surface area contributed by atoms with Gasteiger partial charge in [-0.15, -0.1) is 0 Å². The summed E-state index contributed by atoms with van der Waals surface area (Å²) in [6.07, 6.45) is 3.36. The van der Waals surface area contributed by atoms with E-state index in [9.17, 15) is 4.79 Å². The summed E-state index contributed by atoms with van der Waals surface area (Å²) in [5.74, 6) is 0. The van der Waals surface area contributed by atoms with Crippen LogP contribution in [0.15, 0.2) is 24.3 Å². The Bertz CT molecular complexity index is 408. The van der Waals surface area contributed by atoms with Crippen LogP contribution in [0.4, 0.5) is 10.5 Å². The van der Waals surface area contributed by atoms with Gasteiger partial charge in [-0.1, -0.05) is 11.6 Å². The number of likely N-dealkylation sites (tertiary alicyclic amines) is 1. The van der Waals surface area contributed by atoms with Crippen LogP contribution in [0, 0.1) is 0 Å². The van der Waals surface area contributed by atoms with Gasteiger partial charge in [-0.3, -0.25) is 0 Å². The van der Waals surface area contributed by atoms with Crippen LogP contribution >= 0.6 is 11.6 Å². The smallest absolute Gasteiger partial charge is 0.319 e. The number of halogens is 1. The van der Waals surface area contributed by atoms with E-state index in [-0.39, 0.29) is 6.03 Å². The Kier molecular flexibility index (Phi) is 4.12. The Balaban J connectivity index is 2.04. The molecule has 0 bridgehead atoms. The fourth-order valence-electron chi connectivity index (χ4n) is 2.54. The first kappa shape index (κ1) is 13.2. The van der Waals surface area contributed by atoms with Gasteiger partial charge in [0.1, 0.15) is 0 Å². The van der Waals surface area contributed by atoms with E-state index in [4.69, 9.17) is 11.6 Å². The minimum absolute atomic E-state index is 0.0166. The molecule has 98 valence electrons. The van der Waals surface area contributed by atoms with Crippen molar-refractivity contribution in [1.29, 1.82) is 0 Å². The first-order chi connectivity index (χ1) is 8.58. The lowest BCUT2D eigenvalue weighted by Gasteiger charge is -2.38. The van der Waals surface area contributed by atoms with Gasteiger partial charge in [-0.25, -0.2) is 4.79 Å². The van der Waals surface area contributed by atoms with E-state index in [2.05, 4.69) is 19.2 Å². The predicted molar refractivity (Wildman–Crippen MR) is 75.1 cm³/mol. The average Bonchev–Trinajstić information content (AvgIpc) is 2.32. The first-order valence-corrected chi connectivity index (χ1v) is 6.80. The summed E-state index contributed by atoms with van der Waals surface area (Å²) < 4.78 is 0. The fourth-order valence-corrected chi connectivity index (χ4v) is 2.67. The Labute approximate surface area is 113 Å². The molecule has 0 aromatic heterocycles. The van der Waals surface area contributed by atoms with Crippen LogP contribution in [0.1, 0.15) is 33.1 Å². The lowest BCUT2D eigenvalue weighted by Crippen LogP contribution is -2.49. The Morgan fingerprint density at radius 1 is 1.22 bits per heavy atom. The van der Waals surface area contributed by atoms with Gasteiger partial charge in [0.25, 0.3) is 0 Å². The topological polar surface area (TPSA) is 32.3 Å². The van der Waals surface area contributed by atoms with Gasteiger partial charge in [0.05, 0.1) is 0 Å². The second-order valence-electron chi connectivity index (χ2n) is 4.97. The lowest BCUT2D eigenvalue weighted by atomic mass is 9.98. The van der Waals surface area contributed by atoms with Crippen LogP contribution < -0.4 is 5.32 Å². The zero-order valence-corrected chi connectivity index (χ0v) is 11.6. The summed E-state index contributed by atoms with van der Waals surface area (Å²) in [4.78, 5) is 14.2. The molecule has 3 nitrogen and oxygen atoms in total. The van der Waals surface area contributed by atoms with E-state index >= 15 is 0 Å². The Hall–Kier alpha value is -1.22. The van der Waals surface area contributed by atoms with Crippen LogP contribution in [0.2, 0.25) is 5.02 Å². The molecule has 1 aromatic carbocycles. The SMILES string of the molecule is CC1CCCC(C)N1C(=O)Nc1ccc(Cl)cc1. The molecule has 1 fully saturated rings. The number of amides is 2. The molecule has 1 aliphatic heterocycles. The standard InChI is InChI=1S/C14H19ClN2O/c1-10-4-3-5-11(2)17(10)14(18)16-13-8-6-12(15)7-9-13/h6-11H,3-5H2,1-2H3,(H,16,18). The number of hydrogen-bond donors (Lipinski definition) is 1. The maximum atomic E-state index is 12.3. The third kappa shape index (κ3) is 2.96. The predicted octanol–water partition coefficient (Wildman–Crippen LogP) is 4.13. The van der Waals surface area contributed by atoms with Crippen molar-refractivity contribution in [3.05, 3.63) is 29.3 Å². The van der Waals surface area contributed by atoms with Gasteiger partial charge in [0.15, 0.2) is 0 Å². The van der Waals surface area contributed by atoms with Crippen LogP contribution in [0.5, 0.6) is 0 Å². The van der Waals surface area contributed by atoms with Crippen molar-refractivity contribution in [3.8, 4) is 0 Å². The van der Waals surface area contributed by atoms with Crippen molar-refractivity contribution in [2.24, 2.45) is 0 Å². The minimum atomic E-state index is -0.0166. The number of hydrogen-bond acceptors (Lipinski definition) is 1. The van der Waals surface area contributed by atoms with Crippen molar-refractivity contribution < 1.29 is 4.79 Å². The molecule has 1 aromatic rings. The highest BCUT2D eigenvalue weighted by molar-refractivity contribution is 6.30. The highest BCUT2D eigenvalue weighted by Crippen LogP contribution is 2.23. The van der Waals surface area contributed by atoms with Crippen LogP contribution in [-0.2, 0) is 0 Å². The Morgan fingerprint density at radius 2 is 1.78 bits per heavy atom. The van der Waals surface area contributed by atoms with Crippen LogP contribution in [-0.4, -0.2) is 23.0 Å². The number of urea groups is 1. The zero-order valence-electron chi connectivity index (χ0n) is 10.8. The van der Waals surface area contributed by atoms with E-state index in [1.54, 1.807) is 12.1 Å². The number of nitrogens with zero attached hydrogens (tertiary/aromatic N) is 1. The van der Waals surface area contributed by atoms with E-state index in [1.165, 1.54) is 6.42 Å². The van der Waals surface area contributed by atoms with Crippen molar-refractivity contribution in [1.82, 2.24) is 4.90 Å². The maximum absolute atomic E-state index is 12.3. The summed E-state index contributed by atoms with van der Waals surface area (Å²) in [7, 11) is 0. The summed E-state index contributed by atoms with van der Waals surface area (Å²) >= 11 is 5.82. The lowest BCUT2D eigenvalue weighted by molar-refractivity contribution is 0.133. The number of carbonyl (C=O) groups is 1. The van der Waals surface area contributed by atoms with Gasteiger partial charge in [0, 0.05) is 22.8 Å². The molecule has 2 atom stereocenters. The van der Waals surface area contributed by atoms with Crippen molar-refractivity contribution in [3.63, 3.8) is 0 Å². The normalized spacial score (nSPS) is 23.8. The van der Waals surface area contributed by atoms with Gasteiger partial charge >= 0.3 is 6.03 Å². The molecule has 2 unspecified atom stereocenters. The van der Waals surface area contributed by atoms with Crippen LogP contribution in [0.25, 0.3) is 0 Å². The van der Waals surface area contributed by atoms with E-state index < -0.39 is 0 Å². The third-order valence-electron chi connectivity index (χ3n) is 3.52. The molecule has 2 amide bonds. The second-order valence-corrected chi connectivity index (χ2v) is 5.41. The summed E-state index contributed by atoms with van der Waals surface area (Å²) in [6.45, 7) is 4.22. The minimum Gasteiger partial charge on any atom is -0.319 e. The van der Waals surface area contributed by atoms with Crippen LogP contribution in [0.3, 0.4) is 0 Å². The Morgan fingerprint density at radius 3 is 2.33 bits per heavy atom. The molecule has 0 aliphatic carbocycles. The molecule has 4 heteroatoms. The number of piperidine rings is 1. The molecule has 0 radical (unpaired) electrons. The van der Waals surface area contributed by atoms with Crippen molar-refractivity contribution in [2.45, 2.75) is 45.2 Å². The number of nitrogens with one attached hydrogen (secondary N) is 1. The van der Waals surface area contributed by atoms with E-state index in [0.29, 0.717) is 17.1 Å². The summed E-state index contributed by atoms with van der Waals surface area (Å²) in [5.41, 5.74) is 0.786. The maximum Gasteiger partial charge on any atom is 0.322 e. The second kappa shape index (κ2) is 5.61. The molecule has 1 saturated heterocycles. The highest BCUT2D eigenvalue weighted by Gasteiger charge is 2.28. The molecule has 0 saturated carbocycles. The summed E-state index contributed by atoms with van der Waals surface area (Å²) in [6, 6.07) is 7.79. The molecule has 18 heavy (non-hydrogen) atoms. The molecule has 0 spiro atoms. The number of rotatable bonds is 1. The largest absolute Gasteiger partial charge is 0.322 e. The number of benzene rings is 1. The number of carbonyl (C=O) groups excluding carboxylic acids is 1. The molecular weight excluding hydrogens is 248 g/mol. The quantitative estimate of drug-likeness (QED) is 0.814. The molecule has 1 heterocycles. The van der Waals surface area contributed by atoms with Gasteiger partial charge in [0.2, 0.25) is 0 Å². The third-order valence-corrected chi connectivity index (χ3v) is 3.78. The van der Waals surface area contributed by atoms with E-state index in [1.807, 2.05) is 17.0 Å². The van der Waals surface area contributed by atoms with Crippen molar-refractivity contribution in [2.75, 3.05) is 5.32 Å². The molecule has 1 N–H and O–H groups in total.